The summed E-state index contributed by atoms with van der Waals surface area (Å²) >= 11 is 1.40. The number of rotatable bonds is 4. The Hall–Kier alpha value is -3.38. The number of hydrogen-bond donors (Lipinski definition) is 1. The van der Waals surface area contributed by atoms with E-state index in [2.05, 4.69) is 6.07 Å². The molecule has 5 rings (SSSR count). The molecule has 0 radical (unpaired) electrons. The highest BCUT2D eigenvalue weighted by Crippen LogP contribution is 2.42. The molecular formula is C26H25N3O2S. The number of pyridine rings is 1. The summed E-state index contributed by atoms with van der Waals surface area (Å²) in [5.41, 5.74) is 11.0. The van der Waals surface area contributed by atoms with Crippen molar-refractivity contribution in [2.45, 2.75) is 19.3 Å². The maximum absolute atomic E-state index is 13.3. The van der Waals surface area contributed by atoms with E-state index < -0.39 is 0 Å². The first-order chi connectivity index (χ1) is 15.7. The number of nitrogens with zero attached hydrogens (tertiary/aromatic N) is 2. The third-order valence-corrected chi connectivity index (χ3v) is 7.09. The molecule has 5 nitrogen and oxygen atoms in total. The van der Waals surface area contributed by atoms with Gasteiger partial charge in [-0.15, -0.1) is 11.3 Å². The quantitative estimate of drug-likeness (QED) is 0.430. The van der Waals surface area contributed by atoms with Gasteiger partial charge in [0.25, 0.3) is 5.91 Å². The van der Waals surface area contributed by atoms with Crippen molar-refractivity contribution in [3.63, 3.8) is 0 Å². The topological polar surface area (TPSA) is 68.5 Å². The fourth-order valence-corrected chi connectivity index (χ4v) is 5.36. The number of benzene rings is 2. The minimum atomic E-state index is 0.0205. The molecule has 0 bridgehead atoms. The predicted octanol–water partition coefficient (Wildman–Crippen LogP) is 5.85. The number of carbonyl (C=O) groups excluding carboxylic acids is 1. The molecule has 32 heavy (non-hydrogen) atoms. The van der Waals surface area contributed by atoms with E-state index in [1.165, 1.54) is 17.8 Å². The van der Waals surface area contributed by atoms with Crippen LogP contribution in [0.15, 0.2) is 60.7 Å². The van der Waals surface area contributed by atoms with Crippen molar-refractivity contribution in [3.8, 4) is 28.1 Å². The van der Waals surface area contributed by atoms with E-state index in [1.807, 2.05) is 59.5 Å². The van der Waals surface area contributed by atoms with Gasteiger partial charge in [0.05, 0.1) is 18.5 Å². The molecule has 1 aliphatic rings. The highest BCUT2D eigenvalue weighted by molar-refractivity contribution is 7.21. The number of likely N-dealkylation sites (tertiary alicyclic amines) is 1. The number of nitrogen functional groups attached to an aromatic ring is 1. The van der Waals surface area contributed by atoms with Crippen LogP contribution in [0.5, 0.6) is 5.75 Å². The second kappa shape index (κ2) is 8.63. The van der Waals surface area contributed by atoms with Gasteiger partial charge in [-0.3, -0.25) is 4.79 Å². The lowest BCUT2D eigenvalue weighted by atomic mass is 9.99. The van der Waals surface area contributed by atoms with E-state index >= 15 is 0 Å². The van der Waals surface area contributed by atoms with Gasteiger partial charge in [0, 0.05) is 24.0 Å². The molecule has 0 spiro atoms. The van der Waals surface area contributed by atoms with Crippen molar-refractivity contribution in [2.24, 2.45) is 0 Å². The summed E-state index contributed by atoms with van der Waals surface area (Å²) in [6, 6.07) is 20.1. The third kappa shape index (κ3) is 3.71. The number of thiophene rings is 1. The van der Waals surface area contributed by atoms with Gasteiger partial charge in [-0.1, -0.05) is 42.5 Å². The Bertz CT molecular complexity index is 1260. The number of anilines is 1. The van der Waals surface area contributed by atoms with Crippen molar-refractivity contribution in [3.05, 3.63) is 65.5 Å². The van der Waals surface area contributed by atoms with Crippen LogP contribution < -0.4 is 10.5 Å². The number of fused-ring (bicyclic) bond motifs is 1. The Balaban J connectivity index is 1.69. The Labute approximate surface area is 191 Å². The van der Waals surface area contributed by atoms with Gasteiger partial charge in [-0.25, -0.2) is 4.98 Å². The smallest absolute Gasteiger partial charge is 0.266 e. The number of amides is 1. The molecule has 1 amide bonds. The summed E-state index contributed by atoms with van der Waals surface area (Å²) in [4.78, 5) is 21.5. The number of aromatic nitrogens is 1. The van der Waals surface area contributed by atoms with Crippen molar-refractivity contribution < 1.29 is 9.53 Å². The first-order valence-electron chi connectivity index (χ1n) is 10.9. The zero-order valence-corrected chi connectivity index (χ0v) is 18.8. The SMILES string of the molecule is COc1ccc(-c2cc(-c3ccccc3)nc3sc(C(=O)N4CCCCC4)c(N)c23)cc1. The number of ether oxygens (including phenoxy) is 1. The molecule has 2 N–H and O–H groups in total. The molecule has 1 saturated heterocycles. The first-order valence-corrected chi connectivity index (χ1v) is 11.7. The fraction of sp³-hybridized carbons (Fsp3) is 0.231. The average Bonchev–Trinajstić information content (AvgIpc) is 3.20. The monoisotopic (exact) mass is 443 g/mol. The summed E-state index contributed by atoms with van der Waals surface area (Å²) in [6.07, 6.45) is 3.27. The molecule has 4 aromatic rings. The number of piperidine rings is 1. The highest BCUT2D eigenvalue weighted by Gasteiger charge is 2.26. The van der Waals surface area contributed by atoms with Crippen LogP contribution in [0.3, 0.4) is 0 Å². The molecular weight excluding hydrogens is 418 g/mol. The van der Waals surface area contributed by atoms with Gasteiger partial charge in [-0.2, -0.15) is 0 Å². The minimum Gasteiger partial charge on any atom is -0.497 e. The molecule has 2 aromatic carbocycles. The fourth-order valence-electron chi connectivity index (χ4n) is 4.28. The van der Waals surface area contributed by atoms with Crippen LogP contribution in [-0.2, 0) is 0 Å². The van der Waals surface area contributed by atoms with E-state index in [9.17, 15) is 4.79 Å². The molecule has 2 aromatic heterocycles. The van der Waals surface area contributed by atoms with E-state index in [4.69, 9.17) is 15.5 Å². The second-order valence-corrected chi connectivity index (χ2v) is 9.03. The van der Waals surface area contributed by atoms with Crippen LogP contribution in [0.4, 0.5) is 5.69 Å². The molecule has 0 saturated carbocycles. The first kappa shape index (κ1) is 20.5. The summed E-state index contributed by atoms with van der Waals surface area (Å²) in [5.74, 6) is 0.814. The van der Waals surface area contributed by atoms with E-state index in [0.29, 0.717) is 10.6 Å². The normalized spacial score (nSPS) is 14.0. The van der Waals surface area contributed by atoms with Crippen LogP contribution in [0.25, 0.3) is 32.6 Å². The van der Waals surface area contributed by atoms with Crippen LogP contribution >= 0.6 is 11.3 Å². The Kier molecular flexibility index (Phi) is 5.53. The lowest BCUT2D eigenvalue weighted by Gasteiger charge is -2.26. The number of nitrogens with two attached hydrogens (primary N) is 1. The predicted molar refractivity (Wildman–Crippen MR) is 131 cm³/mol. The van der Waals surface area contributed by atoms with Crippen molar-refractivity contribution in [1.29, 1.82) is 0 Å². The van der Waals surface area contributed by atoms with Gasteiger partial charge in [0.1, 0.15) is 15.5 Å². The number of carbonyl (C=O) groups is 1. The molecule has 1 fully saturated rings. The summed E-state index contributed by atoms with van der Waals surface area (Å²) in [6.45, 7) is 1.58. The lowest BCUT2D eigenvalue weighted by Crippen LogP contribution is -2.35. The molecule has 162 valence electrons. The van der Waals surface area contributed by atoms with Crippen molar-refractivity contribution in [1.82, 2.24) is 9.88 Å². The maximum atomic E-state index is 13.3. The minimum absolute atomic E-state index is 0.0205. The van der Waals surface area contributed by atoms with Gasteiger partial charge in [-0.05, 0) is 48.6 Å². The summed E-state index contributed by atoms with van der Waals surface area (Å²) < 4.78 is 5.33. The average molecular weight is 444 g/mol. The summed E-state index contributed by atoms with van der Waals surface area (Å²) in [7, 11) is 1.66. The summed E-state index contributed by atoms with van der Waals surface area (Å²) in [5, 5.41) is 0.847. The molecule has 3 heterocycles. The zero-order chi connectivity index (χ0) is 22.1. The number of hydrogen-bond acceptors (Lipinski definition) is 5. The van der Waals surface area contributed by atoms with E-state index in [-0.39, 0.29) is 5.91 Å². The van der Waals surface area contributed by atoms with E-state index in [0.717, 1.165) is 64.3 Å². The molecule has 0 aliphatic carbocycles. The standard InChI is InChI=1S/C26H25N3O2S/c1-31-19-12-10-17(11-13-19)20-16-21(18-8-4-2-5-9-18)28-25-22(20)23(27)24(32-25)26(30)29-14-6-3-7-15-29/h2,4-5,8-13,16H,3,6-7,14-15,27H2,1H3. The molecule has 0 unspecified atom stereocenters. The van der Waals surface area contributed by atoms with Crippen LogP contribution in [0.1, 0.15) is 28.9 Å². The Morgan fingerprint density at radius 2 is 1.72 bits per heavy atom. The van der Waals surface area contributed by atoms with Crippen molar-refractivity contribution >= 4 is 33.1 Å². The zero-order valence-electron chi connectivity index (χ0n) is 18.0. The van der Waals surface area contributed by atoms with Crippen LogP contribution in [0, 0.1) is 0 Å². The lowest BCUT2D eigenvalue weighted by molar-refractivity contribution is 0.0730. The van der Waals surface area contributed by atoms with Crippen LogP contribution in [0.2, 0.25) is 0 Å². The second-order valence-electron chi connectivity index (χ2n) is 8.03. The molecule has 0 atom stereocenters. The van der Waals surface area contributed by atoms with Crippen LogP contribution in [-0.4, -0.2) is 36.0 Å². The van der Waals surface area contributed by atoms with Gasteiger partial charge in [0.15, 0.2) is 0 Å². The van der Waals surface area contributed by atoms with E-state index in [1.54, 1.807) is 7.11 Å². The number of methoxy groups -OCH3 is 1. The van der Waals surface area contributed by atoms with Gasteiger partial charge < -0.3 is 15.4 Å². The van der Waals surface area contributed by atoms with Gasteiger partial charge >= 0.3 is 0 Å². The maximum Gasteiger partial charge on any atom is 0.266 e. The Morgan fingerprint density at radius 3 is 2.41 bits per heavy atom. The highest BCUT2D eigenvalue weighted by atomic mass is 32.1. The molecule has 1 aliphatic heterocycles. The Morgan fingerprint density at radius 1 is 1.00 bits per heavy atom. The largest absolute Gasteiger partial charge is 0.497 e. The molecule has 6 heteroatoms. The van der Waals surface area contributed by atoms with Gasteiger partial charge in [0.2, 0.25) is 0 Å². The van der Waals surface area contributed by atoms with Crippen molar-refractivity contribution in [2.75, 3.05) is 25.9 Å². The third-order valence-electron chi connectivity index (χ3n) is 6.01.